The lowest BCUT2D eigenvalue weighted by Crippen LogP contribution is -2.28. The molecule has 1 N–H and O–H groups in total. The van der Waals surface area contributed by atoms with E-state index >= 15 is 0 Å². The van der Waals surface area contributed by atoms with Crippen LogP contribution in [-0.4, -0.2) is 33.8 Å². The number of amides is 1. The van der Waals surface area contributed by atoms with Crippen molar-refractivity contribution in [2.24, 2.45) is 0 Å². The van der Waals surface area contributed by atoms with Crippen LogP contribution in [0.1, 0.15) is 95.8 Å². The van der Waals surface area contributed by atoms with E-state index in [1.165, 1.54) is 22.6 Å². The number of hydrogen-bond donors (Lipinski definition) is 1. The van der Waals surface area contributed by atoms with Gasteiger partial charge in [0.2, 0.25) is 5.88 Å². The standard InChI is InChI=1S/C32H43F2N5O3/c1-9-14-24(16-15-23(10-2)11-3)19-37-29(40)28-22(4)30(39(38-28)31(5,6)7)42-26-21-36-20-25(27(26)32(8,33)34)41-18-13-12-17-35/h10,14-16,20-21H,9,11-13,18-19H2,1-8H3,(H,37,40)/b16-15-,23-10-,24-14-. The number of nitrogens with zero attached hydrogens (tertiary/aromatic N) is 4. The molecule has 0 radical (unpaired) electrons. The summed E-state index contributed by atoms with van der Waals surface area (Å²) in [6, 6.07) is 2.00. The fourth-order valence-corrected chi connectivity index (χ4v) is 4.11. The van der Waals surface area contributed by atoms with Gasteiger partial charge in [-0.05, 0) is 59.5 Å². The summed E-state index contributed by atoms with van der Waals surface area (Å²) in [6.45, 7) is 14.5. The molecule has 0 aromatic carbocycles. The second kappa shape index (κ2) is 15.3. The molecule has 0 saturated carbocycles. The molecule has 2 aromatic rings. The lowest BCUT2D eigenvalue weighted by Gasteiger charge is -2.24. The number of carbonyl (C=O) groups is 1. The average molecular weight is 584 g/mol. The summed E-state index contributed by atoms with van der Waals surface area (Å²) in [6.07, 6.45) is 12.8. The minimum Gasteiger partial charge on any atom is -0.491 e. The van der Waals surface area contributed by atoms with E-state index in [2.05, 4.69) is 28.4 Å². The third-order valence-electron chi connectivity index (χ3n) is 6.34. The van der Waals surface area contributed by atoms with Crippen molar-refractivity contribution in [2.45, 2.75) is 92.5 Å². The van der Waals surface area contributed by atoms with Gasteiger partial charge < -0.3 is 14.8 Å². The number of alkyl halides is 2. The van der Waals surface area contributed by atoms with Crippen molar-refractivity contribution in [2.75, 3.05) is 13.2 Å². The number of carbonyl (C=O) groups excluding carboxylic acids is 1. The van der Waals surface area contributed by atoms with E-state index in [0.717, 1.165) is 25.3 Å². The molecule has 2 heterocycles. The van der Waals surface area contributed by atoms with Crippen LogP contribution in [0.25, 0.3) is 0 Å². The van der Waals surface area contributed by atoms with Crippen molar-refractivity contribution < 1.29 is 23.0 Å². The molecule has 0 fully saturated rings. The second-order valence-electron chi connectivity index (χ2n) is 10.9. The zero-order valence-electron chi connectivity index (χ0n) is 26.0. The van der Waals surface area contributed by atoms with Crippen molar-refractivity contribution in [1.29, 1.82) is 5.26 Å². The van der Waals surface area contributed by atoms with E-state index in [1.807, 2.05) is 58.9 Å². The predicted molar refractivity (Wildman–Crippen MR) is 160 cm³/mol. The number of hydrogen-bond acceptors (Lipinski definition) is 6. The molecule has 2 aromatic heterocycles. The Morgan fingerprint density at radius 1 is 1.14 bits per heavy atom. The molecule has 0 bridgehead atoms. The van der Waals surface area contributed by atoms with Crippen molar-refractivity contribution in [1.82, 2.24) is 20.1 Å². The Balaban J connectivity index is 2.46. The van der Waals surface area contributed by atoms with Gasteiger partial charge in [0.05, 0.1) is 30.6 Å². The van der Waals surface area contributed by atoms with Crippen molar-refractivity contribution >= 4 is 5.91 Å². The third-order valence-corrected chi connectivity index (χ3v) is 6.34. The van der Waals surface area contributed by atoms with Crippen LogP contribution in [-0.2, 0) is 11.5 Å². The molecule has 42 heavy (non-hydrogen) atoms. The minimum atomic E-state index is -3.33. The lowest BCUT2D eigenvalue weighted by molar-refractivity contribution is 0.0121. The number of nitrogens with one attached hydrogen (secondary N) is 1. The van der Waals surface area contributed by atoms with E-state index in [9.17, 15) is 13.6 Å². The van der Waals surface area contributed by atoms with Crippen LogP contribution in [0.5, 0.6) is 17.4 Å². The second-order valence-corrected chi connectivity index (χ2v) is 10.9. The quantitative estimate of drug-likeness (QED) is 0.179. The highest BCUT2D eigenvalue weighted by molar-refractivity contribution is 5.94. The van der Waals surface area contributed by atoms with Crippen LogP contribution in [0, 0.1) is 18.3 Å². The van der Waals surface area contributed by atoms with Gasteiger partial charge in [-0.2, -0.15) is 10.4 Å². The van der Waals surface area contributed by atoms with Gasteiger partial charge in [-0.25, -0.2) is 13.5 Å². The first-order chi connectivity index (χ1) is 19.8. The lowest BCUT2D eigenvalue weighted by atomic mass is 10.1. The summed E-state index contributed by atoms with van der Waals surface area (Å²) in [7, 11) is 0. The normalized spacial score (nSPS) is 12.9. The number of nitriles is 1. The number of pyridine rings is 1. The van der Waals surface area contributed by atoms with Gasteiger partial charge in [-0.3, -0.25) is 9.78 Å². The van der Waals surface area contributed by atoms with Crippen molar-refractivity contribution in [3.63, 3.8) is 0 Å². The number of allylic oxidation sites excluding steroid dienone is 4. The van der Waals surface area contributed by atoms with Gasteiger partial charge >= 0.3 is 0 Å². The van der Waals surface area contributed by atoms with Crippen molar-refractivity contribution in [3.05, 3.63) is 64.7 Å². The molecule has 2 rings (SSSR count). The van der Waals surface area contributed by atoms with Crippen LogP contribution in [0.2, 0.25) is 0 Å². The SMILES string of the molecule is C\C=C(/C=C\C(=C\CC)CNC(=O)c1nn(C(C)(C)C)c(Oc2cncc(OCCCC#N)c2C(C)(F)F)c1C)CC. The Hall–Kier alpha value is -4.00. The molecule has 8 nitrogen and oxygen atoms in total. The van der Waals surface area contributed by atoms with Gasteiger partial charge in [0.1, 0.15) is 5.56 Å². The zero-order chi connectivity index (χ0) is 31.5. The maximum atomic E-state index is 14.9. The first-order valence-electron chi connectivity index (χ1n) is 14.2. The van der Waals surface area contributed by atoms with Crippen molar-refractivity contribution in [3.8, 4) is 23.4 Å². The largest absolute Gasteiger partial charge is 0.491 e. The summed E-state index contributed by atoms with van der Waals surface area (Å²) in [4.78, 5) is 17.4. The van der Waals surface area contributed by atoms with Crippen LogP contribution < -0.4 is 14.8 Å². The summed E-state index contributed by atoms with van der Waals surface area (Å²) < 4.78 is 42.9. The predicted octanol–water partition coefficient (Wildman–Crippen LogP) is 7.91. The maximum absolute atomic E-state index is 14.9. The first-order valence-corrected chi connectivity index (χ1v) is 14.2. The zero-order valence-corrected chi connectivity index (χ0v) is 26.0. The molecule has 0 atom stereocenters. The fraction of sp³-hybridized carbons (Fsp3) is 0.500. The average Bonchev–Trinajstić information content (AvgIpc) is 3.25. The Morgan fingerprint density at radius 3 is 2.38 bits per heavy atom. The number of rotatable bonds is 14. The maximum Gasteiger partial charge on any atom is 0.277 e. The van der Waals surface area contributed by atoms with E-state index in [0.29, 0.717) is 18.5 Å². The molecule has 0 aliphatic carbocycles. The molecule has 10 heteroatoms. The van der Waals surface area contributed by atoms with Gasteiger partial charge in [0.25, 0.3) is 11.8 Å². The number of aromatic nitrogens is 3. The molecular formula is C32H43F2N5O3. The Labute approximate surface area is 248 Å². The molecule has 1 amide bonds. The summed E-state index contributed by atoms with van der Waals surface area (Å²) in [5.74, 6) is -3.95. The van der Waals surface area contributed by atoms with Crippen LogP contribution in [0.15, 0.2) is 47.8 Å². The van der Waals surface area contributed by atoms with E-state index < -0.39 is 22.9 Å². The summed E-state index contributed by atoms with van der Waals surface area (Å²) >= 11 is 0. The van der Waals surface area contributed by atoms with E-state index in [-0.39, 0.29) is 36.1 Å². The van der Waals surface area contributed by atoms with Crippen LogP contribution in [0.4, 0.5) is 8.78 Å². The minimum absolute atomic E-state index is 0.0726. The van der Waals surface area contributed by atoms with Gasteiger partial charge in [-0.15, -0.1) is 0 Å². The summed E-state index contributed by atoms with van der Waals surface area (Å²) in [5, 5.41) is 16.2. The van der Waals surface area contributed by atoms with E-state index in [1.54, 1.807) is 6.92 Å². The fourth-order valence-electron chi connectivity index (χ4n) is 4.11. The number of unbranched alkanes of at least 4 members (excludes halogenated alkanes) is 1. The van der Waals surface area contributed by atoms with Gasteiger partial charge in [0, 0.05) is 25.5 Å². The molecule has 228 valence electrons. The van der Waals surface area contributed by atoms with Crippen LogP contribution in [0.3, 0.4) is 0 Å². The third kappa shape index (κ3) is 9.26. The van der Waals surface area contributed by atoms with Gasteiger partial charge in [0.15, 0.2) is 17.2 Å². The summed E-state index contributed by atoms with van der Waals surface area (Å²) in [5.41, 5.74) is 1.54. The highest BCUT2D eigenvalue weighted by Gasteiger charge is 2.35. The molecule has 0 aliphatic rings. The topological polar surface area (TPSA) is 102 Å². The van der Waals surface area contributed by atoms with E-state index in [4.69, 9.17) is 14.7 Å². The molecular weight excluding hydrogens is 540 g/mol. The molecule has 0 spiro atoms. The molecule has 0 unspecified atom stereocenters. The molecule has 0 saturated heterocycles. The van der Waals surface area contributed by atoms with Crippen LogP contribution >= 0.6 is 0 Å². The monoisotopic (exact) mass is 583 g/mol. The Morgan fingerprint density at radius 2 is 1.81 bits per heavy atom. The Bertz CT molecular complexity index is 1360. The highest BCUT2D eigenvalue weighted by atomic mass is 19.3. The highest BCUT2D eigenvalue weighted by Crippen LogP contribution is 2.43. The first kappa shape index (κ1) is 34.2. The van der Waals surface area contributed by atoms with Gasteiger partial charge in [-0.1, -0.05) is 43.7 Å². The smallest absolute Gasteiger partial charge is 0.277 e. The Kier molecular flexibility index (Phi) is 12.5. The number of ether oxygens (including phenoxy) is 2. The molecule has 0 aliphatic heterocycles. The number of halogens is 2.